The van der Waals surface area contributed by atoms with Gasteiger partial charge in [0.15, 0.2) is 0 Å². The quantitative estimate of drug-likeness (QED) is 0.664. The van der Waals surface area contributed by atoms with Crippen LogP contribution >= 0.6 is 11.3 Å². The van der Waals surface area contributed by atoms with Crippen molar-refractivity contribution in [3.05, 3.63) is 53.8 Å². The maximum absolute atomic E-state index is 12.9. The van der Waals surface area contributed by atoms with E-state index in [-0.39, 0.29) is 5.92 Å². The molecule has 2 saturated heterocycles. The number of fused-ring (bicyclic) bond motifs is 2. The standard InChI is InChI=1S/C22H24N4OS/c27-22-17(5-1-3-16-4-2-6-20-21(16)28-15-24-20)13-19-14-25(11-12-26(19)22)18-7-9-23-10-8-18/h2,4,6-10,15,17,19H,1,3,5,11-14H2/t17-,19-/m0/s1. The Hall–Kier alpha value is -2.47. The molecule has 0 unspecified atom stereocenters. The molecule has 0 aliphatic carbocycles. The molecule has 6 heteroatoms. The van der Waals surface area contributed by atoms with Gasteiger partial charge in [-0.2, -0.15) is 0 Å². The molecule has 5 rings (SSSR count). The zero-order valence-electron chi connectivity index (χ0n) is 15.8. The van der Waals surface area contributed by atoms with E-state index in [2.05, 4.69) is 50.1 Å². The van der Waals surface area contributed by atoms with Crippen molar-refractivity contribution in [2.45, 2.75) is 31.7 Å². The van der Waals surface area contributed by atoms with Crippen LogP contribution in [0.4, 0.5) is 5.69 Å². The fraction of sp³-hybridized carbons (Fsp3) is 0.409. The number of pyridine rings is 1. The number of carbonyl (C=O) groups excluding carboxylic acids is 1. The molecule has 144 valence electrons. The van der Waals surface area contributed by atoms with E-state index in [1.54, 1.807) is 11.3 Å². The second-order valence-electron chi connectivity index (χ2n) is 7.78. The maximum Gasteiger partial charge on any atom is 0.226 e. The predicted molar refractivity (Wildman–Crippen MR) is 113 cm³/mol. The molecule has 2 fully saturated rings. The van der Waals surface area contributed by atoms with Gasteiger partial charge in [0, 0.05) is 43.6 Å². The van der Waals surface area contributed by atoms with Gasteiger partial charge in [-0.3, -0.25) is 9.78 Å². The molecular formula is C22H24N4OS. The number of amides is 1. The minimum absolute atomic E-state index is 0.183. The number of thiazole rings is 1. The second kappa shape index (κ2) is 7.51. The molecule has 2 aromatic heterocycles. The van der Waals surface area contributed by atoms with Crippen molar-refractivity contribution < 1.29 is 4.79 Å². The minimum Gasteiger partial charge on any atom is -0.368 e. The Kier molecular flexibility index (Phi) is 4.72. The van der Waals surface area contributed by atoms with Gasteiger partial charge in [-0.1, -0.05) is 12.1 Å². The van der Waals surface area contributed by atoms with Crippen LogP contribution in [0.2, 0.25) is 0 Å². The van der Waals surface area contributed by atoms with Gasteiger partial charge in [0.1, 0.15) is 0 Å². The third kappa shape index (κ3) is 3.26. The van der Waals surface area contributed by atoms with Crippen LogP contribution in [-0.4, -0.2) is 46.5 Å². The summed E-state index contributed by atoms with van der Waals surface area (Å²) in [6, 6.07) is 10.8. The number of benzene rings is 1. The van der Waals surface area contributed by atoms with Gasteiger partial charge < -0.3 is 9.80 Å². The molecule has 0 spiro atoms. The lowest BCUT2D eigenvalue weighted by Crippen LogP contribution is -2.51. The van der Waals surface area contributed by atoms with E-state index in [4.69, 9.17) is 0 Å². The lowest BCUT2D eigenvalue weighted by molar-refractivity contribution is -0.132. The Bertz CT molecular complexity index is 973. The van der Waals surface area contributed by atoms with Gasteiger partial charge >= 0.3 is 0 Å². The summed E-state index contributed by atoms with van der Waals surface area (Å²) < 4.78 is 1.30. The van der Waals surface area contributed by atoms with E-state index in [0.717, 1.165) is 50.8 Å². The summed E-state index contributed by atoms with van der Waals surface area (Å²) in [5, 5.41) is 0. The molecule has 1 aromatic carbocycles. The first-order chi connectivity index (χ1) is 13.8. The second-order valence-corrected chi connectivity index (χ2v) is 8.63. The number of aryl methyl sites for hydroxylation is 1. The average Bonchev–Trinajstić information content (AvgIpc) is 3.34. The van der Waals surface area contributed by atoms with E-state index in [1.165, 1.54) is 16.0 Å². The van der Waals surface area contributed by atoms with Crippen molar-refractivity contribution in [2.75, 3.05) is 24.5 Å². The van der Waals surface area contributed by atoms with Gasteiger partial charge in [0.2, 0.25) is 5.91 Å². The number of anilines is 1. The lowest BCUT2D eigenvalue weighted by Gasteiger charge is -2.38. The average molecular weight is 393 g/mol. The molecule has 0 saturated carbocycles. The van der Waals surface area contributed by atoms with Crippen molar-refractivity contribution in [3.63, 3.8) is 0 Å². The molecule has 0 N–H and O–H groups in total. The van der Waals surface area contributed by atoms with Crippen molar-refractivity contribution in [1.29, 1.82) is 0 Å². The molecule has 4 heterocycles. The zero-order chi connectivity index (χ0) is 18.9. The summed E-state index contributed by atoms with van der Waals surface area (Å²) in [5.41, 5.74) is 5.59. The van der Waals surface area contributed by atoms with Crippen LogP contribution in [0.3, 0.4) is 0 Å². The molecular weight excluding hydrogens is 368 g/mol. The third-order valence-electron chi connectivity index (χ3n) is 6.14. The summed E-state index contributed by atoms with van der Waals surface area (Å²) in [6.45, 7) is 2.68. The molecule has 5 nitrogen and oxygen atoms in total. The normalized spacial score (nSPS) is 22.1. The first kappa shape index (κ1) is 17.6. The van der Waals surface area contributed by atoms with Crippen LogP contribution in [0, 0.1) is 5.92 Å². The number of piperazine rings is 1. The first-order valence-electron chi connectivity index (χ1n) is 10.1. The number of carbonyl (C=O) groups is 1. The van der Waals surface area contributed by atoms with Crippen LogP contribution in [0.15, 0.2) is 48.2 Å². The van der Waals surface area contributed by atoms with Gasteiger partial charge in [0.25, 0.3) is 0 Å². The van der Waals surface area contributed by atoms with Crippen LogP contribution in [0.5, 0.6) is 0 Å². The number of hydrogen-bond donors (Lipinski definition) is 0. The van der Waals surface area contributed by atoms with Crippen molar-refractivity contribution >= 4 is 33.1 Å². The fourth-order valence-corrected chi connectivity index (χ4v) is 5.56. The molecule has 3 aromatic rings. The summed E-state index contributed by atoms with van der Waals surface area (Å²) in [6.07, 6.45) is 7.74. The van der Waals surface area contributed by atoms with E-state index in [9.17, 15) is 4.79 Å². The monoisotopic (exact) mass is 392 g/mol. The van der Waals surface area contributed by atoms with Crippen LogP contribution < -0.4 is 4.90 Å². The molecule has 0 bridgehead atoms. The highest BCUT2D eigenvalue weighted by Gasteiger charge is 2.41. The highest BCUT2D eigenvalue weighted by Crippen LogP contribution is 2.33. The van der Waals surface area contributed by atoms with E-state index in [1.807, 2.05) is 17.9 Å². The number of rotatable bonds is 5. The van der Waals surface area contributed by atoms with Gasteiger partial charge in [-0.25, -0.2) is 4.98 Å². The zero-order valence-corrected chi connectivity index (χ0v) is 16.6. The first-order valence-corrected chi connectivity index (χ1v) is 10.9. The van der Waals surface area contributed by atoms with Crippen LogP contribution in [0.1, 0.15) is 24.8 Å². The highest BCUT2D eigenvalue weighted by molar-refractivity contribution is 7.16. The van der Waals surface area contributed by atoms with E-state index >= 15 is 0 Å². The Morgan fingerprint density at radius 2 is 2.04 bits per heavy atom. The predicted octanol–water partition coefficient (Wildman–Crippen LogP) is 3.75. The van der Waals surface area contributed by atoms with Crippen molar-refractivity contribution in [3.8, 4) is 0 Å². The molecule has 0 radical (unpaired) electrons. The Morgan fingerprint density at radius 1 is 1.14 bits per heavy atom. The van der Waals surface area contributed by atoms with Crippen molar-refractivity contribution in [2.24, 2.45) is 5.92 Å². The van der Waals surface area contributed by atoms with E-state index < -0.39 is 0 Å². The molecule has 2 aliphatic heterocycles. The largest absolute Gasteiger partial charge is 0.368 e. The molecule has 2 aliphatic rings. The summed E-state index contributed by atoms with van der Waals surface area (Å²) in [4.78, 5) is 25.9. The van der Waals surface area contributed by atoms with Crippen LogP contribution in [-0.2, 0) is 11.2 Å². The topological polar surface area (TPSA) is 49.3 Å². The van der Waals surface area contributed by atoms with Crippen molar-refractivity contribution in [1.82, 2.24) is 14.9 Å². The SMILES string of the molecule is O=C1[C@@H](CCCc2cccc3ncsc23)C[C@H]2CN(c3ccncc3)CCN12. The Balaban J connectivity index is 1.20. The maximum atomic E-state index is 12.9. The summed E-state index contributed by atoms with van der Waals surface area (Å²) in [5.74, 6) is 0.554. The molecule has 2 atom stereocenters. The number of aromatic nitrogens is 2. The van der Waals surface area contributed by atoms with E-state index in [0.29, 0.717) is 11.9 Å². The van der Waals surface area contributed by atoms with Gasteiger partial charge in [-0.05, 0) is 49.4 Å². The molecule has 28 heavy (non-hydrogen) atoms. The highest BCUT2D eigenvalue weighted by atomic mass is 32.1. The summed E-state index contributed by atoms with van der Waals surface area (Å²) in [7, 11) is 0. The number of nitrogens with zero attached hydrogens (tertiary/aromatic N) is 4. The summed E-state index contributed by atoms with van der Waals surface area (Å²) >= 11 is 1.72. The minimum atomic E-state index is 0.183. The third-order valence-corrected chi connectivity index (χ3v) is 7.05. The Morgan fingerprint density at radius 3 is 2.93 bits per heavy atom. The van der Waals surface area contributed by atoms with Gasteiger partial charge in [-0.15, -0.1) is 11.3 Å². The van der Waals surface area contributed by atoms with Gasteiger partial charge in [0.05, 0.1) is 21.8 Å². The fourth-order valence-electron chi connectivity index (χ4n) is 4.72. The number of hydrogen-bond acceptors (Lipinski definition) is 5. The lowest BCUT2D eigenvalue weighted by atomic mass is 9.96. The smallest absolute Gasteiger partial charge is 0.226 e. The molecule has 1 amide bonds. The van der Waals surface area contributed by atoms with Crippen LogP contribution in [0.25, 0.3) is 10.2 Å². The Labute approximate surface area is 169 Å².